The first-order valence-electron chi connectivity index (χ1n) is 13.2. The minimum absolute atomic E-state index is 0.0100. The number of carbonyl (C=O) groups is 2. The molecule has 1 aromatic heterocycles. The highest BCUT2D eigenvalue weighted by atomic mass is 16.2. The fourth-order valence-corrected chi connectivity index (χ4v) is 5.46. The van der Waals surface area contributed by atoms with Crippen LogP contribution in [0.4, 0.5) is 0 Å². The fraction of sp³-hybridized carbons (Fsp3) is 0.607. The minimum atomic E-state index is -0.515. The van der Waals surface area contributed by atoms with Gasteiger partial charge in [-0.15, -0.1) is 0 Å². The van der Waals surface area contributed by atoms with Gasteiger partial charge in [-0.2, -0.15) is 0 Å². The molecule has 188 valence electrons. The van der Waals surface area contributed by atoms with Crippen LogP contribution in [0.2, 0.25) is 0 Å². The largest absolute Gasteiger partial charge is 0.350 e. The summed E-state index contributed by atoms with van der Waals surface area (Å²) in [7, 11) is 0. The van der Waals surface area contributed by atoms with E-state index >= 15 is 0 Å². The third-order valence-electron chi connectivity index (χ3n) is 7.95. The molecule has 0 radical (unpaired) electrons. The molecule has 3 atom stereocenters. The molecule has 3 aliphatic rings. The zero-order valence-electron chi connectivity index (χ0n) is 21.3. The van der Waals surface area contributed by atoms with Crippen LogP contribution >= 0.6 is 0 Å². The van der Waals surface area contributed by atoms with E-state index in [-0.39, 0.29) is 35.2 Å². The van der Waals surface area contributed by atoms with Crippen LogP contribution in [-0.2, 0) is 34.5 Å². The molecule has 2 saturated carbocycles. The van der Waals surface area contributed by atoms with Crippen LogP contribution in [0.25, 0.3) is 0 Å². The van der Waals surface area contributed by atoms with Crippen LogP contribution in [0.15, 0.2) is 30.6 Å². The molecule has 1 aliphatic heterocycles. The van der Waals surface area contributed by atoms with Gasteiger partial charge < -0.3 is 20.5 Å². The molecule has 0 spiro atoms. The second-order valence-corrected chi connectivity index (χ2v) is 11.7. The smallest absolute Gasteiger partial charge is 0.243 e. The van der Waals surface area contributed by atoms with Gasteiger partial charge in [0.25, 0.3) is 0 Å². The van der Waals surface area contributed by atoms with Gasteiger partial charge in [-0.1, -0.05) is 57.9 Å². The summed E-state index contributed by atoms with van der Waals surface area (Å²) < 4.78 is 2.14. The van der Waals surface area contributed by atoms with E-state index < -0.39 is 6.04 Å². The lowest BCUT2D eigenvalue weighted by Crippen LogP contribution is -2.58. The molecule has 35 heavy (non-hydrogen) atoms. The Morgan fingerprint density at radius 1 is 1.09 bits per heavy atom. The van der Waals surface area contributed by atoms with E-state index in [0.717, 1.165) is 49.9 Å². The normalized spacial score (nSPS) is 24.7. The maximum absolute atomic E-state index is 13.4. The average molecular weight is 478 g/mol. The number of aromatic nitrogens is 2. The molecule has 0 bridgehead atoms. The number of imidazole rings is 1. The monoisotopic (exact) mass is 477 g/mol. The van der Waals surface area contributed by atoms with Gasteiger partial charge >= 0.3 is 0 Å². The minimum Gasteiger partial charge on any atom is -0.350 e. The molecule has 2 fully saturated rings. The van der Waals surface area contributed by atoms with Crippen molar-refractivity contribution in [2.24, 2.45) is 11.7 Å². The van der Waals surface area contributed by atoms with E-state index in [0.29, 0.717) is 19.5 Å². The van der Waals surface area contributed by atoms with Crippen molar-refractivity contribution in [1.82, 2.24) is 19.8 Å². The number of carbonyl (C=O) groups excluding carboxylic acids is 2. The maximum Gasteiger partial charge on any atom is 0.243 e. The van der Waals surface area contributed by atoms with E-state index in [9.17, 15) is 9.59 Å². The van der Waals surface area contributed by atoms with Gasteiger partial charge in [0.05, 0.1) is 24.3 Å². The number of fused-ring (bicyclic) bond motifs is 1. The fourth-order valence-electron chi connectivity index (χ4n) is 5.46. The summed E-state index contributed by atoms with van der Waals surface area (Å²) in [6.45, 7) is 7.78. The first-order chi connectivity index (χ1) is 16.7. The number of amides is 2. The van der Waals surface area contributed by atoms with Crippen molar-refractivity contribution >= 4 is 11.8 Å². The highest BCUT2D eigenvalue weighted by molar-refractivity contribution is 5.90. The van der Waals surface area contributed by atoms with Gasteiger partial charge in [0.15, 0.2) is 0 Å². The lowest BCUT2D eigenvalue weighted by molar-refractivity contribution is -0.143. The molecular weight excluding hydrogens is 438 g/mol. The Labute approximate surface area is 208 Å². The molecule has 1 aromatic carbocycles. The standard InChI is InChI=1S/C28H39N5O2/c1-28(2,3)20-12-8-18(9-13-20)15-32-17-30-23-14-24(26(34)31-22-7-5-4-6-21(22)29)33(16-25(23)32)27(35)19-10-11-19/h8-9,12-13,17,19,21-22,24H,4-7,10-11,14-16,29H2,1-3H3,(H,31,34). The van der Waals surface area contributed by atoms with Crippen molar-refractivity contribution < 1.29 is 9.59 Å². The van der Waals surface area contributed by atoms with Crippen molar-refractivity contribution in [2.45, 2.75) is 102 Å². The molecule has 3 unspecified atom stereocenters. The summed E-state index contributed by atoms with van der Waals surface area (Å²) in [5, 5.41) is 3.18. The Hall–Kier alpha value is -2.67. The van der Waals surface area contributed by atoms with Crippen molar-refractivity contribution in [3.63, 3.8) is 0 Å². The van der Waals surface area contributed by atoms with Crippen LogP contribution in [-0.4, -0.2) is 44.4 Å². The predicted octanol–water partition coefficient (Wildman–Crippen LogP) is 3.28. The van der Waals surface area contributed by atoms with Gasteiger partial charge in [-0.3, -0.25) is 9.59 Å². The molecule has 2 aliphatic carbocycles. The molecule has 2 aromatic rings. The highest BCUT2D eigenvalue weighted by Crippen LogP contribution is 2.35. The Balaban J connectivity index is 1.35. The van der Waals surface area contributed by atoms with E-state index in [1.54, 1.807) is 0 Å². The zero-order chi connectivity index (χ0) is 24.7. The van der Waals surface area contributed by atoms with Gasteiger partial charge in [0.2, 0.25) is 11.8 Å². The number of nitrogens with two attached hydrogens (primary N) is 1. The van der Waals surface area contributed by atoms with E-state index in [1.165, 1.54) is 11.1 Å². The SMILES string of the molecule is CC(C)(C)c1ccc(Cn2cnc3c2CN(C(=O)C2CC2)C(C(=O)NC2CCCCC2N)C3)cc1. The topological polar surface area (TPSA) is 93.2 Å². The van der Waals surface area contributed by atoms with Crippen molar-refractivity contribution in [1.29, 1.82) is 0 Å². The van der Waals surface area contributed by atoms with Crippen molar-refractivity contribution in [2.75, 3.05) is 0 Å². The summed E-state index contributed by atoms with van der Waals surface area (Å²) >= 11 is 0. The van der Waals surface area contributed by atoms with Crippen molar-refractivity contribution in [3.8, 4) is 0 Å². The van der Waals surface area contributed by atoms with E-state index in [4.69, 9.17) is 5.73 Å². The van der Waals surface area contributed by atoms with Gasteiger partial charge in [-0.25, -0.2) is 4.98 Å². The summed E-state index contributed by atoms with van der Waals surface area (Å²) in [5.74, 6) is 0.0791. The van der Waals surface area contributed by atoms with Gasteiger partial charge in [0, 0.05) is 31.0 Å². The van der Waals surface area contributed by atoms with Crippen LogP contribution in [0.1, 0.15) is 81.8 Å². The Morgan fingerprint density at radius 2 is 1.80 bits per heavy atom. The zero-order valence-corrected chi connectivity index (χ0v) is 21.3. The summed E-state index contributed by atoms with van der Waals surface area (Å²) in [6, 6.07) is 8.20. The molecular formula is C28H39N5O2. The lowest BCUT2D eigenvalue weighted by Gasteiger charge is -2.37. The van der Waals surface area contributed by atoms with E-state index in [2.05, 4.69) is 59.9 Å². The summed E-state index contributed by atoms with van der Waals surface area (Å²) in [5.41, 5.74) is 10.9. The average Bonchev–Trinajstić information content (AvgIpc) is 3.61. The molecule has 2 heterocycles. The van der Waals surface area contributed by atoms with Crippen LogP contribution in [0.3, 0.4) is 0 Å². The third-order valence-corrected chi connectivity index (χ3v) is 7.95. The third kappa shape index (κ3) is 5.15. The second kappa shape index (κ2) is 9.41. The summed E-state index contributed by atoms with van der Waals surface area (Å²) in [4.78, 5) is 33.1. The molecule has 2 amide bonds. The molecule has 7 heteroatoms. The number of hydrogen-bond acceptors (Lipinski definition) is 4. The number of rotatable bonds is 5. The highest BCUT2D eigenvalue weighted by Gasteiger charge is 2.43. The summed E-state index contributed by atoms with van der Waals surface area (Å²) in [6.07, 6.45) is 8.20. The quantitative estimate of drug-likeness (QED) is 0.691. The Bertz CT molecular complexity index is 1080. The number of hydrogen-bond donors (Lipinski definition) is 2. The molecule has 0 saturated heterocycles. The van der Waals surface area contributed by atoms with Crippen molar-refractivity contribution in [3.05, 3.63) is 53.1 Å². The second-order valence-electron chi connectivity index (χ2n) is 11.7. The first kappa shape index (κ1) is 24.0. The molecule has 5 rings (SSSR count). The Morgan fingerprint density at radius 3 is 2.46 bits per heavy atom. The number of benzene rings is 1. The predicted molar refractivity (Wildman–Crippen MR) is 136 cm³/mol. The van der Waals surface area contributed by atoms with Crippen LogP contribution < -0.4 is 11.1 Å². The van der Waals surface area contributed by atoms with Crippen LogP contribution in [0.5, 0.6) is 0 Å². The first-order valence-corrected chi connectivity index (χ1v) is 13.2. The van der Waals surface area contributed by atoms with E-state index in [1.807, 2.05) is 11.2 Å². The molecule has 3 N–H and O–H groups in total. The van der Waals surface area contributed by atoms with Gasteiger partial charge in [0.1, 0.15) is 6.04 Å². The molecule has 7 nitrogen and oxygen atoms in total. The van der Waals surface area contributed by atoms with Crippen LogP contribution in [0, 0.1) is 5.92 Å². The van der Waals surface area contributed by atoms with Gasteiger partial charge in [-0.05, 0) is 42.2 Å². The number of nitrogens with zero attached hydrogens (tertiary/aromatic N) is 3. The Kier molecular flexibility index (Phi) is 6.47. The maximum atomic E-state index is 13.4. The number of nitrogens with one attached hydrogen (secondary N) is 1. The lowest BCUT2D eigenvalue weighted by atomic mass is 9.87.